The highest BCUT2D eigenvalue weighted by Crippen LogP contribution is 2.14. The lowest BCUT2D eigenvalue weighted by Gasteiger charge is -2.21. The van der Waals surface area contributed by atoms with Crippen LogP contribution in [0.25, 0.3) is 0 Å². The standard InChI is InChI=1S/C10H21NO4S/c1-8(5-6-9(12)13)7-11-16(14,15)10(2,3)4/h8,11H,5-7H2,1-4H3,(H,12,13). The summed E-state index contributed by atoms with van der Waals surface area (Å²) >= 11 is 0. The fourth-order valence-corrected chi connectivity index (χ4v) is 1.88. The molecule has 0 heterocycles. The molecule has 2 N–H and O–H groups in total. The molecule has 1 unspecified atom stereocenters. The average Bonchev–Trinajstić information content (AvgIpc) is 2.09. The summed E-state index contributed by atoms with van der Waals surface area (Å²) in [4.78, 5) is 10.3. The number of hydrogen-bond acceptors (Lipinski definition) is 3. The Morgan fingerprint density at radius 3 is 2.25 bits per heavy atom. The molecule has 0 aliphatic rings. The van der Waals surface area contributed by atoms with Crippen molar-refractivity contribution in [1.29, 1.82) is 0 Å². The van der Waals surface area contributed by atoms with Crippen molar-refractivity contribution in [3.63, 3.8) is 0 Å². The van der Waals surface area contributed by atoms with E-state index < -0.39 is 20.7 Å². The molecule has 0 fully saturated rings. The van der Waals surface area contributed by atoms with Crippen LogP contribution in [0.15, 0.2) is 0 Å². The second kappa shape index (κ2) is 5.63. The van der Waals surface area contributed by atoms with Crippen molar-refractivity contribution < 1.29 is 18.3 Å². The number of rotatable bonds is 6. The summed E-state index contributed by atoms with van der Waals surface area (Å²) in [6.45, 7) is 6.98. The maximum atomic E-state index is 11.7. The van der Waals surface area contributed by atoms with Crippen molar-refractivity contribution in [2.24, 2.45) is 5.92 Å². The molecular weight excluding hydrogens is 230 g/mol. The molecule has 0 radical (unpaired) electrons. The Hall–Kier alpha value is -0.620. The molecule has 0 spiro atoms. The van der Waals surface area contributed by atoms with Crippen molar-refractivity contribution in [1.82, 2.24) is 4.72 Å². The number of carbonyl (C=O) groups is 1. The smallest absolute Gasteiger partial charge is 0.303 e. The molecule has 0 amide bonds. The van der Waals surface area contributed by atoms with Crippen LogP contribution in [0.2, 0.25) is 0 Å². The lowest BCUT2D eigenvalue weighted by Crippen LogP contribution is -2.41. The van der Waals surface area contributed by atoms with Gasteiger partial charge >= 0.3 is 5.97 Å². The third kappa shape index (κ3) is 5.46. The fraction of sp³-hybridized carbons (Fsp3) is 0.900. The zero-order valence-corrected chi connectivity index (χ0v) is 11.1. The van der Waals surface area contributed by atoms with Crippen LogP contribution in [0.4, 0.5) is 0 Å². The fourth-order valence-electron chi connectivity index (χ4n) is 0.940. The second-order valence-electron chi connectivity index (χ2n) is 5.00. The Morgan fingerprint density at radius 1 is 1.38 bits per heavy atom. The number of sulfonamides is 1. The first kappa shape index (κ1) is 15.4. The molecule has 6 heteroatoms. The van der Waals surface area contributed by atoms with Crippen LogP contribution in [0, 0.1) is 5.92 Å². The molecule has 0 aromatic carbocycles. The Morgan fingerprint density at radius 2 is 1.88 bits per heavy atom. The van der Waals surface area contributed by atoms with Crippen LogP contribution in [0.3, 0.4) is 0 Å². The first-order chi connectivity index (χ1) is 7.06. The van der Waals surface area contributed by atoms with Gasteiger partial charge in [0.2, 0.25) is 10.0 Å². The van der Waals surface area contributed by atoms with Gasteiger partial charge in [0.15, 0.2) is 0 Å². The second-order valence-corrected chi connectivity index (χ2v) is 7.52. The largest absolute Gasteiger partial charge is 0.481 e. The molecular formula is C10H21NO4S. The van der Waals surface area contributed by atoms with Gasteiger partial charge in [-0.15, -0.1) is 0 Å². The lowest BCUT2D eigenvalue weighted by molar-refractivity contribution is -0.137. The minimum Gasteiger partial charge on any atom is -0.481 e. The van der Waals surface area contributed by atoms with E-state index >= 15 is 0 Å². The molecule has 1 atom stereocenters. The first-order valence-corrected chi connectivity index (χ1v) is 6.75. The van der Waals surface area contributed by atoms with E-state index in [1.807, 2.05) is 6.92 Å². The third-order valence-corrected chi connectivity index (χ3v) is 4.44. The SMILES string of the molecule is CC(CCC(=O)O)CNS(=O)(=O)C(C)(C)C. The predicted octanol–water partition coefficient (Wildman–Crippen LogP) is 1.21. The van der Waals surface area contributed by atoms with Crippen LogP contribution in [-0.4, -0.2) is 30.8 Å². The predicted molar refractivity (Wildman–Crippen MR) is 62.7 cm³/mol. The van der Waals surface area contributed by atoms with E-state index in [2.05, 4.69) is 4.72 Å². The molecule has 0 aliphatic carbocycles. The van der Waals surface area contributed by atoms with Gasteiger partial charge < -0.3 is 5.11 Å². The number of nitrogens with one attached hydrogen (secondary N) is 1. The van der Waals surface area contributed by atoms with Crippen molar-refractivity contribution in [2.75, 3.05) is 6.54 Å². The van der Waals surface area contributed by atoms with Gasteiger partial charge in [0.05, 0.1) is 4.75 Å². The highest BCUT2D eigenvalue weighted by molar-refractivity contribution is 7.90. The molecule has 0 aliphatic heterocycles. The van der Waals surface area contributed by atoms with E-state index in [0.29, 0.717) is 6.42 Å². The van der Waals surface area contributed by atoms with Crippen molar-refractivity contribution in [3.05, 3.63) is 0 Å². The van der Waals surface area contributed by atoms with Gasteiger partial charge in [0.1, 0.15) is 0 Å². The highest BCUT2D eigenvalue weighted by atomic mass is 32.2. The summed E-state index contributed by atoms with van der Waals surface area (Å²) < 4.78 is 25.0. The number of carboxylic acid groups (broad SMARTS) is 1. The molecule has 96 valence electrons. The third-order valence-electron chi connectivity index (χ3n) is 2.28. The summed E-state index contributed by atoms with van der Waals surface area (Å²) in [5.41, 5.74) is 0. The van der Waals surface area contributed by atoms with Crippen LogP contribution in [0.5, 0.6) is 0 Å². The molecule has 0 rings (SSSR count). The number of aliphatic carboxylic acids is 1. The lowest BCUT2D eigenvalue weighted by atomic mass is 10.1. The van der Waals surface area contributed by atoms with E-state index in [1.165, 1.54) is 0 Å². The Kier molecular flexibility index (Phi) is 5.41. The van der Waals surface area contributed by atoms with Gasteiger partial charge in [-0.1, -0.05) is 6.92 Å². The van der Waals surface area contributed by atoms with Gasteiger partial charge in [-0.05, 0) is 33.1 Å². The monoisotopic (exact) mass is 251 g/mol. The summed E-state index contributed by atoms with van der Waals surface area (Å²) in [6, 6.07) is 0. The average molecular weight is 251 g/mol. The Bertz CT molecular complexity index is 329. The maximum Gasteiger partial charge on any atom is 0.303 e. The topological polar surface area (TPSA) is 83.5 Å². The summed E-state index contributed by atoms with van der Waals surface area (Å²) in [6.07, 6.45) is 0.542. The van der Waals surface area contributed by atoms with Crippen molar-refractivity contribution in [2.45, 2.75) is 45.3 Å². The molecule has 5 nitrogen and oxygen atoms in total. The van der Waals surface area contributed by atoms with Gasteiger partial charge in [0.25, 0.3) is 0 Å². The van der Waals surface area contributed by atoms with Gasteiger partial charge in [-0.2, -0.15) is 0 Å². The minimum absolute atomic E-state index is 0.0215. The molecule has 0 saturated heterocycles. The Balaban J connectivity index is 4.11. The van der Waals surface area contributed by atoms with E-state index in [9.17, 15) is 13.2 Å². The van der Waals surface area contributed by atoms with Crippen molar-refractivity contribution >= 4 is 16.0 Å². The zero-order valence-electron chi connectivity index (χ0n) is 10.3. The first-order valence-electron chi connectivity index (χ1n) is 5.27. The van der Waals surface area contributed by atoms with E-state index in [4.69, 9.17) is 5.11 Å². The van der Waals surface area contributed by atoms with Crippen LogP contribution >= 0.6 is 0 Å². The summed E-state index contributed by atoms with van der Waals surface area (Å²) in [5.74, 6) is -0.834. The molecule has 0 aromatic rings. The Labute approximate surface area is 97.3 Å². The molecule has 0 bridgehead atoms. The minimum atomic E-state index is -3.33. The van der Waals surface area contributed by atoms with E-state index in [1.54, 1.807) is 20.8 Å². The van der Waals surface area contributed by atoms with Gasteiger partial charge in [-0.3, -0.25) is 4.79 Å². The molecule has 0 aromatic heterocycles. The quantitative estimate of drug-likeness (QED) is 0.743. The summed E-state index contributed by atoms with van der Waals surface area (Å²) in [7, 11) is -3.33. The maximum absolute atomic E-state index is 11.7. The van der Waals surface area contributed by atoms with Crippen molar-refractivity contribution in [3.8, 4) is 0 Å². The zero-order chi connectivity index (χ0) is 13.0. The normalized spacial score (nSPS) is 14.8. The van der Waals surface area contributed by atoms with Gasteiger partial charge in [-0.25, -0.2) is 13.1 Å². The van der Waals surface area contributed by atoms with E-state index in [-0.39, 0.29) is 18.9 Å². The van der Waals surface area contributed by atoms with Crippen LogP contribution in [0.1, 0.15) is 40.5 Å². The number of hydrogen-bond donors (Lipinski definition) is 2. The number of carboxylic acids is 1. The summed E-state index contributed by atoms with van der Waals surface area (Å²) in [5, 5.41) is 8.48. The van der Waals surface area contributed by atoms with Crippen LogP contribution in [-0.2, 0) is 14.8 Å². The molecule has 0 saturated carbocycles. The van der Waals surface area contributed by atoms with Crippen LogP contribution < -0.4 is 4.72 Å². The molecule has 16 heavy (non-hydrogen) atoms. The van der Waals surface area contributed by atoms with Gasteiger partial charge in [0, 0.05) is 13.0 Å². The highest BCUT2D eigenvalue weighted by Gasteiger charge is 2.28. The van der Waals surface area contributed by atoms with E-state index in [0.717, 1.165) is 0 Å².